The van der Waals surface area contributed by atoms with Crippen molar-refractivity contribution >= 4 is 29.1 Å². The van der Waals surface area contributed by atoms with Crippen LogP contribution < -0.4 is 0 Å². The number of carbonyl (C=O) groups is 2. The molecule has 0 aliphatic carbocycles. The van der Waals surface area contributed by atoms with E-state index in [0.29, 0.717) is 36.8 Å². The molecule has 0 spiro atoms. The zero-order valence-corrected chi connectivity index (χ0v) is 18.2. The van der Waals surface area contributed by atoms with Crippen LogP contribution in [0.2, 0.25) is 5.02 Å². The summed E-state index contributed by atoms with van der Waals surface area (Å²) < 4.78 is 18.7. The Kier molecular flexibility index (Phi) is 6.89. The van der Waals surface area contributed by atoms with Gasteiger partial charge >= 0.3 is 0 Å². The molecule has 2 heterocycles. The van der Waals surface area contributed by atoms with E-state index in [-0.39, 0.29) is 16.9 Å². The first-order valence-corrected chi connectivity index (χ1v) is 10.9. The number of rotatable bonds is 6. The third-order valence-electron chi connectivity index (χ3n) is 5.83. The number of ether oxygens (including phenoxy) is 1. The largest absolute Gasteiger partial charge is 0.507 e. The number of aliphatic hydroxyl groups excluding tert-OH is 1. The van der Waals surface area contributed by atoms with Crippen molar-refractivity contribution < 1.29 is 23.8 Å². The summed E-state index contributed by atoms with van der Waals surface area (Å²) >= 11 is 6.43. The second kappa shape index (κ2) is 9.81. The fourth-order valence-corrected chi connectivity index (χ4v) is 4.42. The van der Waals surface area contributed by atoms with E-state index >= 15 is 0 Å². The first kappa shape index (κ1) is 22.5. The van der Waals surface area contributed by atoms with Crippen LogP contribution in [0.1, 0.15) is 23.6 Å². The quantitative estimate of drug-likeness (QED) is 0.407. The van der Waals surface area contributed by atoms with Crippen molar-refractivity contribution in [1.29, 1.82) is 0 Å². The maximum absolute atomic E-state index is 13.4. The zero-order chi connectivity index (χ0) is 22.7. The van der Waals surface area contributed by atoms with E-state index < -0.39 is 23.5 Å². The summed E-state index contributed by atoms with van der Waals surface area (Å²) in [6.45, 7) is 4.12. The van der Waals surface area contributed by atoms with Crippen LogP contribution in [0.3, 0.4) is 0 Å². The molecule has 0 radical (unpaired) electrons. The van der Waals surface area contributed by atoms with Gasteiger partial charge in [0.2, 0.25) is 0 Å². The smallest absolute Gasteiger partial charge is 0.295 e. The van der Waals surface area contributed by atoms with Crippen molar-refractivity contribution in [1.82, 2.24) is 9.80 Å². The summed E-state index contributed by atoms with van der Waals surface area (Å²) in [6, 6.07) is 11.3. The van der Waals surface area contributed by atoms with Gasteiger partial charge in [-0.1, -0.05) is 29.8 Å². The number of ketones is 1. The highest BCUT2D eigenvalue weighted by Crippen LogP contribution is 2.41. The topological polar surface area (TPSA) is 70.1 Å². The molecule has 1 N–H and O–H groups in total. The number of nitrogens with zero attached hydrogens (tertiary/aromatic N) is 2. The number of halogens is 2. The van der Waals surface area contributed by atoms with Crippen molar-refractivity contribution in [2.75, 3.05) is 39.4 Å². The molecule has 2 aromatic rings. The highest BCUT2D eigenvalue weighted by Gasteiger charge is 2.46. The van der Waals surface area contributed by atoms with Gasteiger partial charge in [0, 0.05) is 36.8 Å². The Labute approximate surface area is 190 Å². The van der Waals surface area contributed by atoms with E-state index in [1.165, 1.54) is 29.2 Å². The molecule has 2 saturated heterocycles. The normalized spacial score (nSPS) is 21.3. The number of aliphatic hydroxyl groups is 1. The molecular formula is C24H24ClFN2O4. The molecule has 8 heteroatoms. The van der Waals surface area contributed by atoms with Gasteiger partial charge in [0.25, 0.3) is 11.7 Å². The molecule has 0 bridgehead atoms. The Morgan fingerprint density at radius 2 is 1.75 bits per heavy atom. The van der Waals surface area contributed by atoms with Gasteiger partial charge in [-0.2, -0.15) is 0 Å². The first-order valence-electron chi connectivity index (χ1n) is 10.6. The van der Waals surface area contributed by atoms with E-state index in [4.69, 9.17) is 16.3 Å². The lowest BCUT2D eigenvalue weighted by Gasteiger charge is -2.29. The summed E-state index contributed by atoms with van der Waals surface area (Å²) in [7, 11) is 0. The van der Waals surface area contributed by atoms with Gasteiger partial charge in [-0.25, -0.2) is 4.39 Å². The molecule has 32 heavy (non-hydrogen) atoms. The average Bonchev–Trinajstić information content (AvgIpc) is 3.05. The van der Waals surface area contributed by atoms with Crippen LogP contribution in [0.25, 0.3) is 5.76 Å². The molecule has 1 atom stereocenters. The van der Waals surface area contributed by atoms with E-state index in [1.54, 1.807) is 24.3 Å². The number of hydrogen-bond donors (Lipinski definition) is 1. The summed E-state index contributed by atoms with van der Waals surface area (Å²) in [5.74, 6) is -2.26. The average molecular weight is 459 g/mol. The third kappa shape index (κ3) is 4.55. The highest BCUT2D eigenvalue weighted by molar-refractivity contribution is 6.47. The molecule has 6 nitrogen and oxygen atoms in total. The monoisotopic (exact) mass is 458 g/mol. The van der Waals surface area contributed by atoms with Gasteiger partial charge in [-0.05, 0) is 42.3 Å². The standard InChI is InChI=1S/C24H24ClFN2O4/c25-19-5-2-1-4-18(19)21-20(22(29)16-6-8-17(26)9-7-16)23(30)24(31)28(21)11-3-10-27-12-14-32-15-13-27/h1-2,4-9,21,29H,3,10-15H2/b22-20+/t21-/m1/s1. The molecule has 168 valence electrons. The van der Waals surface area contributed by atoms with Gasteiger partial charge in [0.15, 0.2) is 0 Å². The summed E-state index contributed by atoms with van der Waals surface area (Å²) in [5, 5.41) is 11.4. The first-order chi connectivity index (χ1) is 15.5. The molecule has 4 rings (SSSR count). The molecule has 0 unspecified atom stereocenters. The Bertz CT molecular complexity index is 1030. The Morgan fingerprint density at radius 3 is 2.44 bits per heavy atom. The van der Waals surface area contributed by atoms with Crippen molar-refractivity contribution in [2.24, 2.45) is 0 Å². The van der Waals surface area contributed by atoms with Crippen LogP contribution in [-0.2, 0) is 14.3 Å². The van der Waals surface area contributed by atoms with Crippen molar-refractivity contribution in [3.8, 4) is 0 Å². The molecule has 2 aliphatic rings. The van der Waals surface area contributed by atoms with Gasteiger partial charge in [-0.3, -0.25) is 14.5 Å². The van der Waals surface area contributed by atoms with Gasteiger partial charge < -0.3 is 14.7 Å². The molecule has 2 aliphatic heterocycles. The number of likely N-dealkylation sites (tertiary alicyclic amines) is 1. The maximum Gasteiger partial charge on any atom is 0.295 e. The van der Waals surface area contributed by atoms with Gasteiger partial charge in [0.1, 0.15) is 11.6 Å². The lowest BCUT2D eigenvalue weighted by molar-refractivity contribution is -0.140. The van der Waals surface area contributed by atoms with Gasteiger partial charge in [-0.15, -0.1) is 0 Å². The van der Waals surface area contributed by atoms with Crippen LogP contribution in [-0.4, -0.2) is 66.0 Å². The molecule has 2 fully saturated rings. The molecule has 2 aromatic carbocycles. The second-order valence-corrected chi connectivity index (χ2v) is 8.24. The summed E-state index contributed by atoms with van der Waals surface area (Å²) in [4.78, 5) is 29.7. The molecule has 0 saturated carbocycles. The highest BCUT2D eigenvalue weighted by atomic mass is 35.5. The molecule has 0 aromatic heterocycles. The number of amides is 1. The number of Topliss-reactive ketones (excluding diaryl/α,β-unsaturated/α-hetero) is 1. The van der Waals surface area contributed by atoms with Crippen molar-refractivity contribution in [3.63, 3.8) is 0 Å². The minimum atomic E-state index is -0.821. The van der Waals surface area contributed by atoms with Crippen molar-refractivity contribution in [2.45, 2.75) is 12.5 Å². The molecular weight excluding hydrogens is 435 g/mol. The predicted octanol–water partition coefficient (Wildman–Crippen LogP) is 3.62. The lowest BCUT2D eigenvalue weighted by Crippen LogP contribution is -2.39. The van der Waals surface area contributed by atoms with E-state index in [2.05, 4.69) is 4.90 Å². The fourth-order valence-electron chi connectivity index (χ4n) is 4.18. The van der Waals surface area contributed by atoms with E-state index in [0.717, 1.165) is 19.6 Å². The summed E-state index contributed by atoms with van der Waals surface area (Å²) in [5.41, 5.74) is 0.777. The Hall–Kier alpha value is -2.74. The fraction of sp³-hybridized carbons (Fsp3) is 0.333. The minimum Gasteiger partial charge on any atom is -0.507 e. The summed E-state index contributed by atoms with van der Waals surface area (Å²) in [6.07, 6.45) is 0.657. The van der Waals surface area contributed by atoms with Crippen LogP contribution in [0.15, 0.2) is 54.1 Å². The lowest BCUT2D eigenvalue weighted by atomic mass is 9.95. The zero-order valence-electron chi connectivity index (χ0n) is 17.5. The minimum absolute atomic E-state index is 0.0407. The SMILES string of the molecule is O=C1C(=O)N(CCCN2CCOCC2)[C@H](c2ccccc2Cl)/C1=C(\O)c1ccc(F)cc1. The van der Waals surface area contributed by atoms with E-state index in [9.17, 15) is 19.1 Å². The molecule has 1 amide bonds. The van der Waals surface area contributed by atoms with E-state index in [1.807, 2.05) is 0 Å². The van der Waals surface area contributed by atoms with Crippen LogP contribution >= 0.6 is 11.6 Å². The Balaban J connectivity index is 1.68. The second-order valence-electron chi connectivity index (χ2n) is 7.83. The van der Waals surface area contributed by atoms with Crippen LogP contribution in [0, 0.1) is 5.82 Å². The predicted molar refractivity (Wildman–Crippen MR) is 119 cm³/mol. The Morgan fingerprint density at radius 1 is 1.06 bits per heavy atom. The number of hydrogen-bond acceptors (Lipinski definition) is 5. The maximum atomic E-state index is 13.4. The van der Waals surface area contributed by atoms with Gasteiger partial charge in [0.05, 0.1) is 24.8 Å². The number of carbonyl (C=O) groups excluding carboxylic acids is 2. The van der Waals surface area contributed by atoms with Crippen LogP contribution in [0.4, 0.5) is 4.39 Å². The number of morpholine rings is 1. The third-order valence-corrected chi connectivity index (χ3v) is 6.18. The van der Waals surface area contributed by atoms with Crippen LogP contribution in [0.5, 0.6) is 0 Å². The van der Waals surface area contributed by atoms with Crippen molar-refractivity contribution in [3.05, 3.63) is 76.1 Å². The number of benzene rings is 2.